The van der Waals surface area contributed by atoms with Gasteiger partial charge in [-0.1, -0.05) is 12.1 Å². The molecule has 1 aromatic heterocycles. The van der Waals surface area contributed by atoms with Crippen LogP contribution < -0.4 is 10.6 Å². The van der Waals surface area contributed by atoms with Crippen molar-refractivity contribution in [1.29, 1.82) is 0 Å². The molecule has 1 unspecified atom stereocenters. The van der Waals surface area contributed by atoms with E-state index in [2.05, 4.69) is 10.6 Å². The molecule has 0 saturated carbocycles. The summed E-state index contributed by atoms with van der Waals surface area (Å²) in [6, 6.07) is 7.49. The second kappa shape index (κ2) is 6.41. The third-order valence-corrected chi connectivity index (χ3v) is 3.77. The van der Waals surface area contributed by atoms with Crippen LogP contribution in [0, 0.1) is 13.8 Å². The van der Waals surface area contributed by atoms with Crippen LogP contribution in [0.25, 0.3) is 0 Å². The number of thiophene rings is 1. The van der Waals surface area contributed by atoms with Gasteiger partial charge in [-0.25, -0.2) is 9.59 Å². The minimum atomic E-state index is -1.09. The number of aliphatic carboxylic acids is 1. The summed E-state index contributed by atoms with van der Waals surface area (Å²) in [4.78, 5) is 23.8. The maximum Gasteiger partial charge on any atom is 0.331 e. The predicted octanol–water partition coefficient (Wildman–Crippen LogP) is 3.31. The third-order valence-electron chi connectivity index (χ3n) is 2.83. The second-order valence-corrected chi connectivity index (χ2v) is 5.74. The highest BCUT2D eigenvalue weighted by Crippen LogP contribution is 2.20. The zero-order valence-electron chi connectivity index (χ0n) is 11.7. The van der Waals surface area contributed by atoms with Crippen molar-refractivity contribution in [3.63, 3.8) is 0 Å². The molecule has 0 radical (unpaired) electrons. The first kappa shape index (κ1) is 15.1. The Morgan fingerprint density at radius 1 is 1.19 bits per heavy atom. The van der Waals surface area contributed by atoms with E-state index in [0.717, 1.165) is 11.1 Å². The summed E-state index contributed by atoms with van der Waals surface area (Å²) in [5.74, 6) is -1.09. The van der Waals surface area contributed by atoms with Crippen LogP contribution in [0.4, 0.5) is 10.5 Å². The van der Waals surface area contributed by atoms with Crippen molar-refractivity contribution < 1.29 is 14.7 Å². The van der Waals surface area contributed by atoms with E-state index in [-0.39, 0.29) is 0 Å². The molecule has 2 aromatic rings. The molecule has 0 spiro atoms. The largest absolute Gasteiger partial charge is 0.479 e. The predicted molar refractivity (Wildman–Crippen MR) is 82.8 cm³/mol. The lowest BCUT2D eigenvalue weighted by atomic mass is 10.1. The van der Waals surface area contributed by atoms with Crippen LogP contribution in [-0.2, 0) is 4.79 Å². The van der Waals surface area contributed by atoms with Crippen LogP contribution in [0.3, 0.4) is 0 Å². The minimum Gasteiger partial charge on any atom is -0.479 e. The molecule has 3 N–H and O–H groups in total. The Labute approximate surface area is 126 Å². The number of carbonyl (C=O) groups is 2. The Bertz CT molecular complexity index is 633. The van der Waals surface area contributed by atoms with Gasteiger partial charge in [-0.05, 0) is 48.6 Å². The average Bonchev–Trinajstić information content (AvgIpc) is 2.87. The highest BCUT2D eigenvalue weighted by atomic mass is 32.1. The number of anilines is 1. The summed E-state index contributed by atoms with van der Waals surface area (Å²) in [5, 5.41) is 16.1. The van der Waals surface area contributed by atoms with Gasteiger partial charge in [0.2, 0.25) is 0 Å². The fraction of sp³-hybridized carbons (Fsp3) is 0.200. The molecule has 1 heterocycles. The average molecular weight is 304 g/mol. The molecule has 6 heteroatoms. The lowest BCUT2D eigenvalue weighted by Gasteiger charge is -2.14. The van der Waals surface area contributed by atoms with Gasteiger partial charge in [0, 0.05) is 10.6 Å². The number of hydrogen-bond acceptors (Lipinski definition) is 3. The fourth-order valence-electron chi connectivity index (χ4n) is 2.06. The van der Waals surface area contributed by atoms with Gasteiger partial charge in [0.1, 0.15) is 0 Å². The number of nitrogens with one attached hydrogen (secondary N) is 2. The van der Waals surface area contributed by atoms with Gasteiger partial charge in [-0.2, -0.15) is 0 Å². The summed E-state index contributed by atoms with van der Waals surface area (Å²) in [6.45, 7) is 3.86. The lowest BCUT2D eigenvalue weighted by molar-refractivity contribution is -0.139. The molecule has 0 saturated heterocycles. The van der Waals surface area contributed by atoms with Crippen molar-refractivity contribution >= 4 is 29.0 Å². The van der Waals surface area contributed by atoms with E-state index in [1.807, 2.05) is 32.0 Å². The van der Waals surface area contributed by atoms with E-state index in [0.29, 0.717) is 10.6 Å². The van der Waals surface area contributed by atoms with Crippen LogP contribution in [-0.4, -0.2) is 17.1 Å². The molecule has 0 aliphatic rings. The Kier molecular flexibility index (Phi) is 4.59. The monoisotopic (exact) mass is 304 g/mol. The standard InChI is InChI=1S/C15H16N2O3S/c1-9-6-10(2)8-11(7-9)16-15(20)17-13(14(18)19)12-4-3-5-21-12/h3-8,13H,1-2H3,(H,18,19)(H2,16,17,20). The summed E-state index contributed by atoms with van der Waals surface area (Å²) < 4.78 is 0. The summed E-state index contributed by atoms with van der Waals surface area (Å²) in [5.41, 5.74) is 2.69. The highest BCUT2D eigenvalue weighted by molar-refractivity contribution is 7.10. The molecule has 2 rings (SSSR count). The van der Waals surface area contributed by atoms with Gasteiger partial charge >= 0.3 is 12.0 Å². The van der Waals surface area contributed by atoms with E-state index in [9.17, 15) is 14.7 Å². The normalized spacial score (nSPS) is 11.7. The summed E-state index contributed by atoms with van der Waals surface area (Å²) >= 11 is 1.29. The molecule has 2 amide bonds. The SMILES string of the molecule is Cc1cc(C)cc(NC(=O)NC(C(=O)O)c2cccs2)c1. The van der Waals surface area contributed by atoms with Gasteiger partial charge in [0.05, 0.1) is 0 Å². The van der Waals surface area contributed by atoms with Crippen molar-refractivity contribution in [2.45, 2.75) is 19.9 Å². The molecule has 0 aliphatic carbocycles. The number of carbonyl (C=O) groups excluding carboxylic acids is 1. The van der Waals surface area contributed by atoms with Crippen LogP contribution >= 0.6 is 11.3 Å². The van der Waals surface area contributed by atoms with Crippen LogP contribution in [0.1, 0.15) is 22.0 Å². The van der Waals surface area contributed by atoms with Gasteiger partial charge in [-0.3, -0.25) is 0 Å². The molecule has 0 bridgehead atoms. The molecule has 0 aliphatic heterocycles. The number of benzene rings is 1. The van der Waals surface area contributed by atoms with E-state index in [1.54, 1.807) is 17.5 Å². The first-order chi connectivity index (χ1) is 9.95. The Morgan fingerprint density at radius 2 is 1.86 bits per heavy atom. The van der Waals surface area contributed by atoms with Gasteiger partial charge in [0.15, 0.2) is 6.04 Å². The molecule has 21 heavy (non-hydrogen) atoms. The number of hydrogen-bond donors (Lipinski definition) is 3. The zero-order chi connectivity index (χ0) is 15.4. The van der Waals surface area contributed by atoms with Crippen LogP contribution in [0.2, 0.25) is 0 Å². The van der Waals surface area contributed by atoms with Crippen molar-refractivity contribution in [2.75, 3.05) is 5.32 Å². The molecular weight excluding hydrogens is 288 g/mol. The van der Waals surface area contributed by atoms with E-state index in [4.69, 9.17) is 0 Å². The molecule has 1 atom stereocenters. The van der Waals surface area contributed by atoms with Gasteiger partial charge < -0.3 is 15.7 Å². The highest BCUT2D eigenvalue weighted by Gasteiger charge is 2.22. The number of aryl methyl sites for hydroxylation is 2. The van der Waals surface area contributed by atoms with Crippen LogP contribution in [0.15, 0.2) is 35.7 Å². The smallest absolute Gasteiger partial charge is 0.331 e. The van der Waals surface area contributed by atoms with Gasteiger partial charge in [0.25, 0.3) is 0 Å². The number of urea groups is 1. The topological polar surface area (TPSA) is 78.4 Å². The Balaban J connectivity index is 2.08. The second-order valence-electron chi connectivity index (χ2n) is 4.76. The van der Waals surface area contributed by atoms with Crippen molar-refractivity contribution in [1.82, 2.24) is 5.32 Å². The molecule has 110 valence electrons. The van der Waals surface area contributed by atoms with Crippen molar-refractivity contribution in [2.24, 2.45) is 0 Å². The van der Waals surface area contributed by atoms with Crippen LogP contribution in [0.5, 0.6) is 0 Å². The number of carboxylic acid groups (broad SMARTS) is 1. The van der Waals surface area contributed by atoms with Crippen molar-refractivity contribution in [3.05, 3.63) is 51.7 Å². The molecule has 1 aromatic carbocycles. The van der Waals surface area contributed by atoms with E-state index >= 15 is 0 Å². The maximum atomic E-state index is 12.0. The van der Waals surface area contributed by atoms with E-state index < -0.39 is 18.0 Å². The first-order valence-electron chi connectivity index (χ1n) is 6.38. The van der Waals surface area contributed by atoms with Crippen molar-refractivity contribution in [3.8, 4) is 0 Å². The zero-order valence-corrected chi connectivity index (χ0v) is 12.5. The van der Waals surface area contributed by atoms with E-state index in [1.165, 1.54) is 11.3 Å². The summed E-state index contributed by atoms with van der Waals surface area (Å²) in [7, 11) is 0. The Hall–Kier alpha value is -2.34. The number of carboxylic acids is 1. The fourth-order valence-corrected chi connectivity index (χ4v) is 2.82. The Morgan fingerprint density at radius 3 is 2.38 bits per heavy atom. The minimum absolute atomic E-state index is 0.541. The molecule has 5 nitrogen and oxygen atoms in total. The molecule has 0 fully saturated rings. The maximum absolute atomic E-state index is 12.0. The van der Waals surface area contributed by atoms with Gasteiger partial charge in [-0.15, -0.1) is 11.3 Å². The molecular formula is C15H16N2O3S. The number of rotatable bonds is 4. The number of amides is 2. The quantitative estimate of drug-likeness (QED) is 0.811. The third kappa shape index (κ3) is 4.06. The summed E-state index contributed by atoms with van der Waals surface area (Å²) in [6.07, 6.45) is 0. The first-order valence-corrected chi connectivity index (χ1v) is 7.25. The lowest BCUT2D eigenvalue weighted by Crippen LogP contribution is -2.36.